The van der Waals surface area contributed by atoms with Gasteiger partial charge in [0.1, 0.15) is 12.4 Å². The number of aliphatic hydroxyl groups is 1. The predicted octanol–water partition coefficient (Wildman–Crippen LogP) is 3.21. The molecule has 1 N–H and O–H groups in total. The number of nitrogens with zero attached hydrogens (tertiary/aromatic N) is 2. The first kappa shape index (κ1) is 16.0. The average Bonchev–Trinajstić information content (AvgIpc) is 3.14. The van der Waals surface area contributed by atoms with E-state index in [2.05, 4.69) is 11.1 Å². The van der Waals surface area contributed by atoms with Crippen LogP contribution in [0.1, 0.15) is 10.8 Å². The van der Waals surface area contributed by atoms with Gasteiger partial charge in [0.15, 0.2) is 0 Å². The van der Waals surface area contributed by atoms with Crippen molar-refractivity contribution in [1.29, 1.82) is 0 Å². The molecule has 122 valence electrons. The Hall–Kier alpha value is -1.89. The number of hydrogen-bond acceptors (Lipinski definition) is 6. The number of likely N-dealkylation sites (N-methyl/N-ethyl adjacent to an activating group) is 1. The number of rotatable bonds is 7. The maximum Gasteiger partial charge on any atom is 0.129 e. The summed E-state index contributed by atoms with van der Waals surface area (Å²) in [5, 5.41) is 11.2. The fraction of sp³-hybridized carbons (Fsp3) is 0.353. The lowest BCUT2D eigenvalue weighted by molar-refractivity contribution is 0.0260. The molecule has 0 amide bonds. The molecule has 2 heterocycles. The summed E-state index contributed by atoms with van der Waals surface area (Å²) >= 11 is 1.68. The fourth-order valence-electron chi connectivity index (χ4n) is 2.43. The van der Waals surface area contributed by atoms with Crippen LogP contribution >= 0.6 is 11.3 Å². The van der Waals surface area contributed by atoms with Gasteiger partial charge in [-0.15, -0.1) is 11.3 Å². The Bertz CT molecular complexity index is 754. The molecule has 0 saturated heterocycles. The van der Waals surface area contributed by atoms with Crippen molar-refractivity contribution in [2.45, 2.75) is 19.6 Å². The SMILES string of the molecule is Cc1nc2ccc(N(C)CC(O)COCc3ccco3)cc2s1. The van der Waals surface area contributed by atoms with Crippen LogP contribution in [-0.2, 0) is 11.3 Å². The molecule has 0 aliphatic carbocycles. The summed E-state index contributed by atoms with van der Waals surface area (Å²) in [5.41, 5.74) is 2.08. The van der Waals surface area contributed by atoms with E-state index in [1.54, 1.807) is 17.6 Å². The van der Waals surface area contributed by atoms with Crippen molar-refractivity contribution in [2.24, 2.45) is 0 Å². The second-order valence-electron chi connectivity index (χ2n) is 5.51. The van der Waals surface area contributed by atoms with Gasteiger partial charge >= 0.3 is 0 Å². The normalized spacial score (nSPS) is 12.7. The highest BCUT2D eigenvalue weighted by Crippen LogP contribution is 2.26. The van der Waals surface area contributed by atoms with Gasteiger partial charge in [0, 0.05) is 19.3 Å². The zero-order valence-electron chi connectivity index (χ0n) is 13.2. The number of benzene rings is 1. The van der Waals surface area contributed by atoms with Crippen molar-refractivity contribution in [3.05, 3.63) is 47.4 Å². The van der Waals surface area contributed by atoms with Gasteiger partial charge in [0.05, 0.1) is 34.2 Å². The van der Waals surface area contributed by atoms with Gasteiger partial charge in [-0.25, -0.2) is 4.98 Å². The number of thiazole rings is 1. The second-order valence-corrected chi connectivity index (χ2v) is 6.75. The Morgan fingerprint density at radius 1 is 1.39 bits per heavy atom. The first-order chi connectivity index (χ1) is 11.1. The number of aliphatic hydroxyl groups excluding tert-OH is 1. The summed E-state index contributed by atoms with van der Waals surface area (Å²) < 4.78 is 11.8. The third kappa shape index (κ3) is 4.10. The molecule has 0 fully saturated rings. The number of hydrogen-bond donors (Lipinski definition) is 1. The number of fused-ring (bicyclic) bond motifs is 1. The molecular weight excluding hydrogens is 312 g/mol. The van der Waals surface area contributed by atoms with Gasteiger partial charge < -0.3 is 19.2 Å². The number of furan rings is 1. The number of ether oxygens (including phenoxy) is 1. The second kappa shape index (κ2) is 7.12. The highest BCUT2D eigenvalue weighted by Gasteiger charge is 2.11. The van der Waals surface area contributed by atoms with Crippen molar-refractivity contribution in [3.63, 3.8) is 0 Å². The molecule has 0 aliphatic rings. The van der Waals surface area contributed by atoms with Gasteiger partial charge in [-0.1, -0.05) is 0 Å². The van der Waals surface area contributed by atoms with Crippen LogP contribution in [0.4, 0.5) is 5.69 Å². The molecular formula is C17H20N2O3S. The van der Waals surface area contributed by atoms with Crippen molar-refractivity contribution in [3.8, 4) is 0 Å². The van der Waals surface area contributed by atoms with Crippen LogP contribution in [0, 0.1) is 6.92 Å². The maximum absolute atomic E-state index is 10.1. The lowest BCUT2D eigenvalue weighted by atomic mass is 10.2. The lowest BCUT2D eigenvalue weighted by Crippen LogP contribution is -2.32. The van der Waals surface area contributed by atoms with E-state index >= 15 is 0 Å². The molecule has 2 aromatic heterocycles. The molecule has 0 bridgehead atoms. The van der Waals surface area contributed by atoms with Crippen molar-refractivity contribution >= 4 is 27.2 Å². The van der Waals surface area contributed by atoms with E-state index in [0.29, 0.717) is 13.2 Å². The molecule has 5 nitrogen and oxygen atoms in total. The van der Waals surface area contributed by atoms with Crippen LogP contribution in [0.3, 0.4) is 0 Å². The minimum Gasteiger partial charge on any atom is -0.467 e. The van der Waals surface area contributed by atoms with Crippen LogP contribution in [0.15, 0.2) is 41.0 Å². The summed E-state index contributed by atoms with van der Waals surface area (Å²) in [6.07, 6.45) is 1.05. The summed E-state index contributed by atoms with van der Waals surface area (Å²) in [5.74, 6) is 0.761. The Balaban J connectivity index is 1.53. The molecule has 1 atom stereocenters. The van der Waals surface area contributed by atoms with Gasteiger partial charge in [-0.2, -0.15) is 0 Å². The number of aryl methyl sites for hydroxylation is 1. The predicted molar refractivity (Wildman–Crippen MR) is 92.0 cm³/mol. The molecule has 1 aromatic carbocycles. The Morgan fingerprint density at radius 2 is 2.26 bits per heavy atom. The molecule has 0 saturated carbocycles. The summed E-state index contributed by atoms with van der Waals surface area (Å²) in [4.78, 5) is 6.48. The average molecular weight is 332 g/mol. The van der Waals surface area contributed by atoms with E-state index in [-0.39, 0.29) is 6.61 Å². The van der Waals surface area contributed by atoms with E-state index in [1.165, 1.54) is 0 Å². The van der Waals surface area contributed by atoms with Crippen molar-refractivity contribution in [2.75, 3.05) is 25.1 Å². The maximum atomic E-state index is 10.1. The summed E-state index contributed by atoms with van der Waals surface area (Å²) in [7, 11) is 1.96. The molecule has 1 unspecified atom stereocenters. The monoisotopic (exact) mass is 332 g/mol. The summed E-state index contributed by atoms with van der Waals surface area (Å²) in [6.45, 7) is 3.16. The summed E-state index contributed by atoms with van der Waals surface area (Å²) in [6, 6.07) is 9.82. The van der Waals surface area contributed by atoms with E-state index in [9.17, 15) is 5.11 Å². The van der Waals surface area contributed by atoms with Crippen LogP contribution < -0.4 is 4.90 Å². The largest absolute Gasteiger partial charge is 0.467 e. The lowest BCUT2D eigenvalue weighted by Gasteiger charge is -2.22. The van der Waals surface area contributed by atoms with Crippen molar-refractivity contribution in [1.82, 2.24) is 4.98 Å². The van der Waals surface area contributed by atoms with Gasteiger partial charge in [0.25, 0.3) is 0 Å². The first-order valence-electron chi connectivity index (χ1n) is 7.48. The third-order valence-electron chi connectivity index (χ3n) is 3.54. The molecule has 3 aromatic rings. The van der Waals surface area contributed by atoms with Crippen LogP contribution in [0.5, 0.6) is 0 Å². The van der Waals surface area contributed by atoms with Gasteiger partial charge in [-0.3, -0.25) is 0 Å². The Kier molecular flexibility index (Phi) is 4.95. The van der Waals surface area contributed by atoms with Gasteiger partial charge in [0.2, 0.25) is 0 Å². The topological polar surface area (TPSA) is 58.7 Å². The van der Waals surface area contributed by atoms with E-state index in [0.717, 1.165) is 26.7 Å². The number of anilines is 1. The zero-order chi connectivity index (χ0) is 16.2. The van der Waals surface area contributed by atoms with Crippen molar-refractivity contribution < 1.29 is 14.3 Å². The Morgan fingerprint density at radius 3 is 3.04 bits per heavy atom. The minimum atomic E-state index is -0.561. The highest BCUT2D eigenvalue weighted by atomic mass is 32.1. The number of aromatic nitrogens is 1. The minimum absolute atomic E-state index is 0.271. The van der Waals surface area contributed by atoms with Crippen LogP contribution in [0.2, 0.25) is 0 Å². The van der Waals surface area contributed by atoms with E-state index in [4.69, 9.17) is 9.15 Å². The molecule has 0 spiro atoms. The van der Waals surface area contributed by atoms with Crippen LogP contribution in [0.25, 0.3) is 10.2 Å². The van der Waals surface area contributed by atoms with E-state index in [1.807, 2.05) is 43.1 Å². The molecule has 6 heteroatoms. The van der Waals surface area contributed by atoms with E-state index < -0.39 is 6.10 Å². The highest BCUT2D eigenvalue weighted by molar-refractivity contribution is 7.18. The Labute approximate surface area is 139 Å². The molecule has 0 radical (unpaired) electrons. The van der Waals surface area contributed by atoms with Crippen LogP contribution in [-0.4, -0.2) is 36.4 Å². The molecule has 0 aliphatic heterocycles. The standard InChI is InChI=1S/C17H20N2O3S/c1-12-18-16-6-5-13(8-17(16)23-12)19(2)9-14(20)10-21-11-15-4-3-7-22-15/h3-8,14,20H,9-11H2,1-2H3. The smallest absolute Gasteiger partial charge is 0.129 e. The molecule has 23 heavy (non-hydrogen) atoms. The third-order valence-corrected chi connectivity index (χ3v) is 4.47. The van der Waals surface area contributed by atoms with Gasteiger partial charge in [-0.05, 0) is 37.3 Å². The zero-order valence-corrected chi connectivity index (χ0v) is 14.0. The quantitative estimate of drug-likeness (QED) is 0.720. The first-order valence-corrected chi connectivity index (χ1v) is 8.30. The fourth-order valence-corrected chi connectivity index (χ4v) is 3.29. The molecule has 3 rings (SSSR count).